The van der Waals surface area contributed by atoms with Gasteiger partial charge in [0, 0.05) is 18.8 Å². The molecule has 1 aliphatic heterocycles. The van der Waals surface area contributed by atoms with Gasteiger partial charge in [0.25, 0.3) is 0 Å². The van der Waals surface area contributed by atoms with Crippen molar-refractivity contribution < 1.29 is 38.8 Å². The van der Waals surface area contributed by atoms with Crippen molar-refractivity contribution in [3.8, 4) is 0 Å². The standard InChI is InChI=1S/C15H24O8/c1-5-9(16)22-12-11(7(3)14(18)19)8(4)21-15(20)13(12)23-10(17)6-2/h7-8,11-13,15,20H,5-6H2,1-4H3,(H,18,19)/t7?,8-,11+,12+,13-,15?/m0/s1. The van der Waals surface area contributed by atoms with Gasteiger partial charge in [-0.15, -0.1) is 0 Å². The van der Waals surface area contributed by atoms with Gasteiger partial charge in [0.15, 0.2) is 12.4 Å². The van der Waals surface area contributed by atoms with E-state index in [2.05, 4.69) is 0 Å². The van der Waals surface area contributed by atoms with Crippen molar-refractivity contribution >= 4 is 17.9 Å². The van der Waals surface area contributed by atoms with Gasteiger partial charge in [0.2, 0.25) is 0 Å². The van der Waals surface area contributed by atoms with Crippen LogP contribution in [0.2, 0.25) is 0 Å². The summed E-state index contributed by atoms with van der Waals surface area (Å²) in [6.07, 6.45) is -4.41. The van der Waals surface area contributed by atoms with Gasteiger partial charge in [0.05, 0.1) is 12.0 Å². The number of aliphatic carboxylic acids is 1. The molecule has 8 heteroatoms. The van der Waals surface area contributed by atoms with E-state index in [1.165, 1.54) is 6.92 Å². The number of aliphatic hydroxyl groups excluding tert-OH is 1. The van der Waals surface area contributed by atoms with Crippen molar-refractivity contribution in [1.29, 1.82) is 0 Å². The molecule has 1 fully saturated rings. The van der Waals surface area contributed by atoms with E-state index in [0.717, 1.165) is 0 Å². The van der Waals surface area contributed by atoms with Crippen LogP contribution in [0, 0.1) is 11.8 Å². The minimum atomic E-state index is -1.49. The zero-order valence-electron chi connectivity index (χ0n) is 13.7. The first kappa shape index (κ1) is 19.4. The molecule has 0 aromatic rings. The number of carboxylic acid groups (broad SMARTS) is 1. The van der Waals surface area contributed by atoms with Crippen molar-refractivity contribution in [1.82, 2.24) is 0 Å². The lowest BCUT2D eigenvalue weighted by Gasteiger charge is -2.44. The number of ether oxygens (including phenoxy) is 3. The highest BCUT2D eigenvalue weighted by molar-refractivity contribution is 5.72. The summed E-state index contributed by atoms with van der Waals surface area (Å²) in [5.74, 6) is -3.96. The Kier molecular flexibility index (Phi) is 6.96. The van der Waals surface area contributed by atoms with E-state index in [-0.39, 0.29) is 12.8 Å². The first-order valence-electron chi connectivity index (χ1n) is 7.68. The molecule has 8 nitrogen and oxygen atoms in total. The molecule has 0 radical (unpaired) electrons. The second kappa shape index (κ2) is 8.26. The molecule has 2 unspecified atom stereocenters. The number of hydrogen-bond donors (Lipinski definition) is 2. The quantitative estimate of drug-likeness (QED) is 0.682. The summed E-state index contributed by atoms with van der Waals surface area (Å²) in [6, 6.07) is 0. The van der Waals surface area contributed by atoms with E-state index in [4.69, 9.17) is 14.2 Å². The third-order valence-electron chi connectivity index (χ3n) is 3.96. The summed E-state index contributed by atoms with van der Waals surface area (Å²) >= 11 is 0. The molecule has 23 heavy (non-hydrogen) atoms. The van der Waals surface area contributed by atoms with Crippen molar-refractivity contribution in [2.24, 2.45) is 11.8 Å². The molecule has 0 saturated carbocycles. The van der Waals surface area contributed by atoms with Gasteiger partial charge >= 0.3 is 17.9 Å². The van der Waals surface area contributed by atoms with Gasteiger partial charge in [-0.1, -0.05) is 20.8 Å². The molecule has 0 aliphatic carbocycles. The van der Waals surface area contributed by atoms with Crippen LogP contribution in [0.4, 0.5) is 0 Å². The van der Waals surface area contributed by atoms with Crippen LogP contribution in [0.5, 0.6) is 0 Å². The third-order valence-corrected chi connectivity index (χ3v) is 3.96. The van der Waals surface area contributed by atoms with Crippen LogP contribution in [0.3, 0.4) is 0 Å². The average molecular weight is 332 g/mol. The lowest BCUT2D eigenvalue weighted by molar-refractivity contribution is -0.280. The molecule has 1 rings (SSSR count). The van der Waals surface area contributed by atoms with Crippen LogP contribution in [0.1, 0.15) is 40.5 Å². The lowest BCUT2D eigenvalue weighted by atomic mass is 9.80. The molecular formula is C15H24O8. The largest absolute Gasteiger partial charge is 0.481 e. The monoisotopic (exact) mass is 332 g/mol. The number of carbonyl (C=O) groups excluding carboxylic acids is 2. The van der Waals surface area contributed by atoms with E-state index in [1.54, 1.807) is 20.8 Å². The second-order valence-corrected chi connectivity index (χ2v) is 5.55. The van der Waals surface area contributed by atoms with Gasteiger partial charge in [-0.3, -0.25) is 14.4 Å². The second-order valence-electron chi connectivity index (χ2n) is 5.55. The fraction of sp³-hybridized carbons (Fsp3) is 0.800. The minimum Gasteiger partial charge on any atom is -0.481 e. The maximum absolute atomic E-state index is 11.7. The van der Waals surface area contributed by atoms with E-state index in [1.807, 2.05) is 0 Å². The highest BCUT2D eigenvalue weighted by atomic mass is 16.7. The van der Waals surface area contributed by atoms with Gasteiger partial charge in [-0.05, 0) is 6.92 Å². The number of hydrogen-bond acceptors (Lipinski definition) is 7. The van der Waals surface area contributed by atoms with Crippen molar-refractivity contribution in [3.05, 3.63) is 0 Å². The van der Waals surface area contributed by atoms with E-state index in [9.17, 15) is 24.6 Å². The van der Waals surface area contributed by atoms with Crippen LogP contribution in [0.25, 0.3) is 0 Å². The summed E-state index contributed by atoms with van der Waals surface area (Å²) in [7, 11) is 0. The van der Waals surface area contributed by atoms with Crippen LogP contribution < -0.4 is 0 Å². The number of carboxylic acids is 1. The Morgan fingerprint density at radius 3 is 2.00 bits per heavy atom. The van der Waals surface area contributed by atoms with E-state index >= 15 is 0 Å². The molecule has 132 valence electrons. The molecule has 0 amide bonds. The summed E-state index contributed by atoms with van der Waals surface area (Å²) in [6.45, 7) is 6.20. The molecule has 0 spiro atoms. The smallest absolute Gasteiger partial charge is 0.306 e. The number of aliphatic hydroxyl groups is 1. The molecule has 1 saturated heterocycles. The van der Waals surface area contributed by atoms with Crippen LogP contribution in [-0.4, -0.2) is 52.7 Å². The molecular weight excluding hydrogens is 308 g/mol. The normalized spacial score (nSPS) is 32.0. The van der Waals surface area contributed by atoms with Gasteiger partial charge in [0.1, 0.15) is 6.10 Å². The fourth-order valence-corrected chi connectivity index (χ4v) is 2.63. The number of carbonyl (C=O) groups is 3. The molecule has 1 aliphatic rings. The van der Waals surface area contributed by atoms with Gasteiger partial charge in [-0.2, -0.15) is 0 Å². The summed E-state index contributed by atoms with van der Waals surface area (Å²) in [5.41, 5.74) is 0. The molecule has 0 bridgehead atoms. The zero-order valence-corrected chi connectivity index (χ0v) is 13.7. The summed E-state index contributed by atoms with van der Waals surface area (Å²) in [5, 5.41) is 19.3. The first-order valence-corrected chi connectivity index (χ1v) is 7.68. The van der Waals surface area contributed by atoms with Crippen LogP contribution >= 0.6 is 0 Å². The van der Waals surface area contributed by atoms with Crippen LogP contribution in [-0.2, 0) is 28.6 Å². The maximum atomic E-state index is 11.7. The Morgan fingerprint density at radius 2 is 1.57 bits per heavy atom. The van der Waals surface area contributed by atoms with Crippen molar-refractivity contribution in [3.63, 3.8) is 0 Å². The SMILES string of the molecule is CCC(=O)O[C@@H]1[C@H](C(C)C(=O)O)[C@H](C)OC(O)[C@H]1OC(=O)CC. The number of esters is 2. The van der Waals surface area contributed by atoms with Crippen LogP contribution in [0.15, 0.2) is 0 Å². The molecule has 0 aromatic heterocycles. The highest BCUT2D eigenvalue weighted by Gasteiger charge is 2.51. The zero-order chi connectivity index (χ0) is 17.7. The van der Waals surface area contributed by atoms with E-state index in [0.29, 0.717) is 0 Å². The van der Waals surface area contributed by atoms with Gasteiger partial charge < -0.3 is 24.4 Å². The predicted molar refractivity (Wildman–Crippen MR) is 77.2 cm³/mol. The third kappa shape index (κ3) is 4.65. The molecule has 6 atom stereocenters. The Hall–Kier alpha value is -1.67. The minimum absolute atomic E-state index is 0.0619. The van der Waals surface area contributed by atoms with E-state index < -0.39 is 54.3 Å². The Morgan fingerprint density at radius 1 is 1.09 bits per heavy atom. The number of rotatable bonds is 6. The summed E-state index contributed by atoms with van der Waals surface area (Å²) < 4.78 is 15.7. The Bertz CT molecular complexity index is 449. The molecule has 0 aromatic carbocycles. The van der Waals surface area contributed by atoms with Crippen molar-refractivity contribution in [2.45, 2.75) is 65.1 Å². The predicted octanol–water partition coefficient (Wildman–Crippen LogP) is 0.704. The molecule has 1 heterocycles. The highest BCUT2D eigenvalue weighted by Crippen LogP contribution is 2.35. The maximum Gasteiger partial charge on any atom is 0.306 e. The Balaban J connectivity index is 3.15. The summed E-state index contributed by atoms with van der Waals surface area (Å²) in [4.78, 5) is 34.6. The Labute approximate surface area is 134 Å². The lowest BCUT2D eigenvalue weighted by Crippen LogP contribution is -2.59. The topological polar surface area (TPSA) is 119 Å². The first-order chi connectivity index (χ1) is 10.7. The fourth-order valence-electron chi connectivity index (χ4n) is 2.63. The molecule has 2 N–H and O–H groups in total. The van der Waals surface area contributed by atoms with Crippen molar-refractivity contribution in [2.75, 3.05) is 0 Å². The van der Waals surface area contributed by atoms with Gasteiger partial charge in [-0.25, -0.2) is 0 Å². The average Bonchev–Trinajstić information content (AvgIpc) is 2.49.